The number of hydrogen-bond donors (Lipinski definition) is 1. The molecular weight excluding hydrogens is 278 g/mol. The summed E-state index contributed by atoms with van der Waals surface area (Å²) in [6.45, 7) is 2.41. The highest BCUT2D eigenvalue weighted by molar-refractivity contribution is 6.02. The van der Waals surface area contributed by atoms with E-state index in [1.165, 1.54) is 6.20 Å². The van der Waals surface area contributed by atoms with Crippen molar-refractivity contribution in [2.75, 3.05) is 5.32 Å². The number of benzene rings is 1. The molecule has 6 nitrogen and oxygen atoms in total. The first kappa shape index (κ1) is 13.9. The molecule has 2 aromatic heterocycles. The maximum Gasteiger partial charge on any atom is 0.277 e. The minimum Gasteiger partial charge on any atom is -0.305 e. The third kappa shape index (κ3) is 3.17. The maximum atomic E-state index is 12.2. The molecule has 0 fully saturated rings. The number of anilines is 1. The Bertz CT molecular complexity index is 765. The van der Waals surface area contributed by atoms with Crippen LogP contribution in [0.5, 0.6) is 0 Å². The predicted octanol–water partition coefficient (Wildman–Crippen LogP) is 2.28. The number of hydrogen-bond acceptors (Lipinski definition) is 4. The highest BCUT2D eigenvalue weighted by Gasteiger charge is 2.11. The van der Waals surface area contributed by atoms with Gasteiger partial charge in [-0.05, 0) is 12.5 Å². The molecule has 1 amide bonds. The average molecular weight is 293 g/mol. The van der Waals surface area contributed by atoms with Crippen molar-refractivity contribution in [2.24, 2.45) is 0 Å². The molecule has 2 heterocycles. The van der Waals surface area contributed by atoms with Gasteiger partial charge in [0.05, 0.1) is 24.6 Å². The van der Waals surface area contributed by atoms with E-state index >= 15 is 0 Å². The molecule has 3 aromatic rings. The molecule has 22 heavy (non-hydrogen) atoms. The van der Waals surface area contributed by atoms with Crippen molar-refractivity contribution in [3.63, 3.8) is 0 Å². The number of amides is 1. The lowest BCUT2D eigenvalue weighted by molar-refractivity contribution is 0.102. The van der Waals surface area contributed by atoms with Gasteiger partial charge in [-0.1, -0.05) is 30.3 Å². The largest absolute Gasteiger partial charge is 0.305 e. The van der Waals surface area contributed by atoms with Gasteiger partial charge in [-0.2, -0.15) is 5.10 Å². The van der Waals surface area contributed by atoms with Crippen LogP contribution in [-0.2, 0) is 6.54 Å². The van der Waals surface area contributed by atoms with Crippen LogP contribution in [-0.4, -0.2) is 25.7 Å². The fourth-order valence-electron chi connectivity index (χ4n) is 2.01. The van der Waals surface area contributed by atoms with Gasteiger partial charge in [0.25, 0.3) is 5.91 Å². The molecule has 0 unspecified atom stereocenters. The van der Waals surface area contributed by atoms with Crippen molar-refractivity contribution in [1.29, 1.82) is 0 Å². The summed E-state index contributed by atoms with van der Waals surface area (Å²) in [5, 5.41) is 7.04. The lowest BCUT2D eigenvalue weighted by Crippen LogP contribution is -2.17. The highest BCUT2D eigenvalue weighted by Crippen LogP contribution is 2.11. The van der Waals surface area contributed by atoms with E-state index in [4.69, 9.17) is 0 Å². The Morgan fingerprint density at radius 1 is 1.14 bits per heavy atom. The van der Waals surface area contributed by atoms with Gasteiger partial charge in [-0.3, -0.25) is 9.78 Å². The summed E-state index contributed by atoms with van der Waals surface area (Å²) in [5.74, 6) is 0.318. The van der Waals surface area contributed by atoms with E-state index in [-0.39, 0.29) is 11.6 Å². The van der Waals surface area contributed by atoms with E-state index in [2.05, 4.69) is 20.4 Å². The van der Waals surface area contributed by atoms with Crippen molar-refractivity contribution in [2.45, 2.75) is 13.5 Å². The van der Waals surface area contributed by atoms with Gasteiger partial charge < -0.3 is 5.32 Å². The first-order chi connectivity index (χ1) is 10.7. The van der Waals surface area contributed by atoms with Crippen LogP contribution in [0.15, 0.2) is 55.0 Å². The molecule has 0 spiro atoms. The van der Waals surface area contributed by atoms with Gasteiger partial charge in [-0.15, -0.1) is 0 Å². The number of carbonyl (C=O) groups is 1. The number of aryl methyl sites for hydroxylation is 1. The van der Waals surface area contributed by atoms with E-state index in [0.717, 1.165) is 11.3 Å². The van der Waals surface area contributed by atoms with Gasteiger partial charge in [0.15, 0.2) is 0 Å². The Morgan fingerprint density at radius 3 is 2.68 bits per heavy atom. The molecule has 1 N–H and O–H groups in total. The second kappa shape index (κ2) is 6.17. The van der Waals surface area contributed by atoms with Crippen LogP contribution >= 0.6 is 0 Å². The van der Waals surface area contributed by atoms with Gasteiger partial charge in [-0.25, -0.2) is 9.67 Å². The van der Waals surface area contributed by atoms with Gasteiger partial charge in [0, 0.05) is 12.3 Å². The average Bonchev–Trinajstić information content (AvgIpc) is 2.96. The first-order valence-electron chi connectivity index (χ1n) is 6.88. The number of carbonyl (C=O) groups excluding carboxylic acids is 1. The van der Waals surface area contributed by atoms with E-state index in [1.54, 1.807) is 23.1 Å². The van der Waals surface area contributed by atoms with Crippen LogP contribution in [0.4, 0.5) is 5.82 Å². The van der Waals surface area contributed by atoms with Crippen LogP contribution in [0.2, 0.25) is 0 Å². The SMILES string of the molecule is Cc1cnc(C(=O)Nc2ccnn2Cc2ccccc2)cn1. The minimum absolute atomic E-state index is 0.276. The molecule has 1 aromatic carbocycles. The Morgan fingerprint density at radius 2 is 1.95 bits per heavy atom. The Hall–Kier alpha value is -3.02. The summed E-state index contributed by atoms with van der Waals surface area (Å²) in [6, 6.07) is 11.7. The molecule has 0 saturated carbocycles. The van der Waals surface area contributed by atoms with E-state index in [1.807, 2.05) is 37.3 Å². The smallest absolute Gasteiger partial charge is 0.277 e. The molecule has 0 saturated heterocycles. The first-order valence-corrected chi connectivity index (χ1v) is 6.88. The molecule has 6 heteroatoms. The lowest BCUT2D eigenvalue weighted by Gasteiger charge is -2.08. The molecule has 0 radical (unpaired) electrons. The number of nitrogens with zero attached hydrogens (tertiary/aromatic N) is 4. The third-order valence-electron chi connectivity index (χ3n) is 3.15. The van der Waals surface area contributed by atoms with Crippen molar-refractivity contribution in [3.05, 3.63) is 71.9 Å². The molecule has 0 aliphatic rings. The number of nitrogens with one attached hydrogen (secondary N) is 1. The summed E-state index contributed by atoms with van der Waals surface area (Å²) >= 11 is 0. The quantitative estimate of drug-likeness (QED) is 0.801. The van der Waals surface area contributed by atoms with Gasteiger partial charge in [0.1, 0.15) is 11.5 Å². The molecular formula is C16H15N5O. The molecule has 110 valence electrons. The maximum absolute atomic E-state index is 12.2. The summed E-state index contributed by atoms with van der Waals surface area (Å²) < 4.78 is 1.73. The fourth-order valence-corrected chi connectivity index (χ4v) is 2.01. The third-order valence-corrected chi connectivity index (χ3v) is 3.15. The number of rotatable bonds is 4. The summed E-state index contributed by atoms with van der Waals surface area (Å²) in [6.07, 6.45) is 4.68. The lowest BCUT2D eigenvalue weighted by atomic mass is 10.2. The van der Waals surface area contributed by atoms with E-state index in [0.29, 0.717) is 12.4 Å². The second-order valence-electron chi connectivity index (χ2n) is 4.86. The molecule has 0 aliphatic carbocycles. The second-order valence-corrected chi connectivity index (χ2v) is 4.86. The van der Waals surface area contributed by atoms with Crippen molar-refractivity contribution in [1.82, 2.24) is 19.7 Å². The summed E-state index contributed by atoms with van der Waals surface area (Å²) in [4.78, 5) is 20.3. The van der Waals surface area contributed by atoms with Crippen LogP contribution in [0.1, 0.15) is 21.7 Å². The minimum atomic E-state index is -0.303. The Kier molecular flexibility index (Phi) is 3.91. The molecule has 0 aliphatic heterocycles. The molecule has 0 atom stereocenters. The Labute approximate surface area is 127 Å². The van der Waals surface area contributed by atoms with Gasteiger partial charge >= 0.3 is 0 Å². The van der Waals surface area contributed by atoms with E-state index < -0.39 is 0 Å². The zero-order valence-electron chi connectivity index (χ0n) is 12.1. The zero-order valence-corrected chi connectivity index (χ0v) is 12.1. The fraction of sp³-hybridized carbons (Fsp3) is 0.125. The van der Waals surface area contributed by atoms with Crippen LogP contribution in [0, 0.1) is 6.92 Å². The molecule has 0 bridgehead atoms. The van der Waals surface area contributed by atoms with Crippen LogP contribution in [0.3, 0.4) is 0 Å². The van der Waals surface area contributed by atoms with Crippen molar-refractivity contribution in [3.8, 4) is 0 Å². The van der Waals surface area contributed by atoms with Crippen LogP contribution in [0.25, 0.3) is 0 Å². The molecule has 3 rings (SSSR count). The normalized spacial score (nSPS) is 10.4. The Balaban J connectivity index is 1.75. The number of aromatic nitrogens is 4. The summed E-state index contributed by atoms with van der Waals surface area (Å²) in [5.41, 5.74) is 2.15. The topological polar surface area (TPSA) is 72.7 Å². The van der Waals surface area contributed by atoms with Crippen LogP contribution < -0.4 is 5.32 Å². The monoisotopic (exact) mass is 293 g/mol. The van der Waals surface area contributed by atoms with Crippen molar-refractivity contribution < 1.29 is 4.79 Å². The predicted molar refractivity (Wildman–Crippen MR) is 82.5 cm³/mol. The summed E-state index contributed by atoms with van der Waals surface area (Å²) in [7, 11) is 0. The van der Waals surface area contributed by atoms with Crippen molar-refractivity contribution >= 4 is 11.7 Å². The highest BCUT2D eigenvalue weighted by atomic mass is 16.2. The van der Waals surface area contributed by atoms with Gasteiger partial charge in [0.2, 0.25) is 0 Å². The zero-order chi connectivity index (χ0) is 15.4. The standard InChI is InChI=1S/C16H15N5O/c1-12-9-18-14(10-17-12)16(22)20-15-7-8-19-21(15)11-13-5-3-2-4-6-13/h2-10H,11H2,1H3,(H,20,22). The van der Waals surface area contributed by atoms with E-state index in [9.17, 15) is 4.79 Å².